The van der Waals surface area contributed by atoms with Gasteiger partial charge in [-0.25, -0.2) is 0 Å². The molecule has 1 aromatic rings. The number of aromatic nitrogens is 3. The molecule has 1 amide bonds. The number of carbonyl (C=O) groups is 1. The summed E-state index contributed by atoms with van der Waals surface area (Å²) < 4.78 is 2.97. The predicted octanol–water partition coefficient (Wildman–Crippen LogP) is 3.03. The van der Waals surface area contributed by atoms with Crippen molar-refractivity contribution in [1.29, 1.82) is 0 Å². The molecule has 2 aliphatic rings. The van der Waals surface area contributed by atoms with Gasteiger partial charge in [0, 0.05) is 31.0 Å². The molecule has 5 nitrogen and oxygen atoms in total. The number of nitrogens with zero attached hydrogens (tertiary/aromatic N) is 3. The van der Waals surface area contributed by atoms with Crippen LogP contribution in [0.2, 0.25) is 0 Å². The van der Waals surface area contributed by atoms with Gasteiger partial charge in [0.2, 0.25) is 5.91 Å². The van der Waals surface area contributed by atoms with Gasteiger partial charge in [0.05, 0.1) is 0 Å². The molecule has 1 saturated carbocycles. The molecule has 1 N–H and O–H groups in total. The molecule has 1 aliphatic carbocycles. The second-order valence-corrected chi connectivity index (χ2v) is 6.78. The summed E-state index contributed by atoms with van der Waals surface area (Å²) in [5.74, 6) is 1.98. The van der Waals surface area contributed by atoms with Gasteiger partial charge in [-0.05, 0) is 44.3 Å². The van der Waals surface area contributed by atoms with Gasteiger partial charge >= 0.3 is 0 Å². The van der Waals surface area contributed by atoms with Crippen LogP contribution >= 0.6 is 12.2 Å². The Labute approximate surface area is 130 Å². The average molecular weight is 308 g/mol. The van der Waals surface area contributed by atoms with E-state index < -0.39 is 0 Å². The zero-order chi connectivity index (χ0) is 15.0. The van der Waals surface area contributed by atoms with Crippen molar-refractivity contribution in [1.82, 2.24) is 19.7 Å². The third-order valence-corrected chi connectivity index (χ3v) is 5.14. The van der Waals surface area contributed by atoms with Crippen molar-refractivity contribution < 1.29 is 4.79 Å². The maximum atomic E-state index is 12.2. The zero-order valence-corrected chi connectivity index (χ0v) is 13.7. The molecule has 1 aliphatic heterocycles. The Kier molecular flexibility index (Phi) is 4.15. The van der Waals surface area contributed by atoms with Gasteiger partial charge in [0.25, 0.3) is 0 Å². The van der Waals surface area contributed by atoms with Gasteiger partial charge in [-0.3, -0.25) is 9.89 Å². The van der Waals surface area contributed by atoms with Crippen molar-refractivity contribution in [2.75, 3.05) is 13.1 Å². The second kappa shape index (κ2) is 5.91. The average Bonchev–Trinajstić information content (AvgIpc) is 3.28. The molecular weight excluding hydrogens is 284 g/mol. The Morgan fingerprint density at radius 3 is 2.62 bits per heavy atom. The number of amides is 1. The first kappa shape index (κ1) is 14.8. The van der Waals surface area contributed by atoms with Gasteiger partial charge in [-0.2, -0.15) is 5.10 Å². The molecule has 116 valence electrons. The summed E-state index contributed by atoms with van der Waals surface area (Å²) in [6.07, 6.45) is 5.33. The van der Waals surface area contributed by atoms with E-state index in [2.05, 4.69) is 21.7 Å². The second-order valence-electron chi connectivity index (χ2n) is 6.40. The van der Waals surface area contributed by atoms with E-state index in [1.807, 2.05) is 11.8 Å². The minimum Gasteiger partial charge on any atom is -0.342 e. The van der Waals surface area contributed by atoms with Gasteiger partial charge in [0.15, 0.2) is 4.77 Å². The van der Waals surface area contributed by atoms with Crippen molar-refractivity contribution >= 4 is 18.1 Å². The van der Waals surface area contributed by atoms with Gasteiger partial charge in [0.1, 0.15) is 5.82 Å². The standard InChI is InChI=1S/C15H24N4OS/c1-3-10(2)14(20)18-8-6-11(7-9-18)13-16-17-15(21)19(13)12-4-5-12/h10-12H,3-9H2,1-2H3,(H,17,21)/t10-/m1/s1. The number of H-pyrrole nitrogens is 1. The first-order valence-electron chi connectivity index (χ1n) is 8.07. The van der Waals surface area contributed by atoms with Crippen LogP contribution in [0.25, 0.3) is 0 Å². The number of hydrogen-bond acceptors (Lipinski definition) is 3. The highest BCUT2D eigenvalue weighted by Crippen LogP contribution is 2.39. The normalized spacial score (nSPS) is 21.5. The maximum absolute atomic E-state index is 12.2. The zero-order valence-electron chi connectivity index (χ0n) is 12.8. The van der Waals surface area contributed by atoms with Crippen molar-refractivity contribution in [2.45, 2.75) is 57.9 Å². The van der Waals surface area contributed by atoms with Crippen LogP contribution in [-0.4, -0.2) is 38.7 Å². The lowest BCUT2D eigenvalue weighted by Crippen LogP contribution is -2.41. The highest BCUT2D eigenvalue weighted by molar-refractivity contribution is 7.71. The Hall–Kier alpha value is -1.17. The number of carbonyl (C=O) groups excluding carboxylic acids is 1. The van der Waals surface area contributed by atoms with Gasteiger partial charge in [-0.1, -0.05) is 13.8 Å². The van der Waals surface area contributed by atoms with E-state index in [4.69, 9.17) is 12.2 Å². The summed E-state index contributed by atoms with van der Waals surface area (Å²) in [6, 6.07) is 0.561. The Bertz CT molecular complexity index is 566. The smallest absolute Gasteiger partial charge is 0.225 e. The highest BCUT2D eigenvalue weighted by atomic mass is 32.1. The van der Waals surface area contributed by atoms with Crippen molar-refractivity contribution in [3.8, 4) is 0 Å². The summed E-state index contributed by atoms with van der Waals surface area (Å²) in [4.78, 5) is 14.3. The van der Waals surface area contributed by atoms with Crippen LogP contribution in [0.1, 0.15) is 63.7 Å². The third-order valence-electron chi connectivity index (χ3n) is 4.85. The molecule has 0 unspecified atom stereocenters. The summed E-state index contributed by atoms with van der Waals surface area (Å²) in [6.45, 7) is 5.78. The molecule has 0 bridgehead atoms. The first-order chi connectivity index (χ1) is 10.1. The molecule has 2 fully saturated rings. The fourth-order valence-corrected chi connectivity index (χ4v) is 3.42. The van der Waals surface area contributed by atoms with Crippen LogP contribution in [0, 0.1) is 10.7 Å². The summed E-state index contributed by atoms with van der Waals surface area (Å²) in [7, 11) is 0. The van der Waals surface area contributed by atoms with E-state index in [-0.39, 0.29) is 5.92 Å². The van der Waals surface area contributed by atoms with Gasteiger partial charge in [-0.15, -0.1) is 0 Å². The minimum absolute atomic E-state index is 0.141. The molecule has 1 atom stereocenters. The lowest BCUT2D eigenvalue weighted by Gasteiger charge is -2.33. The fraction of sp³-hybridized carbons (Fsp3) is 0.800. The highest BCUT2D eigenvalue weighted by Gasteiger charge is 2.33. The number of rotatable bonds is 4. The SMILES string of the molecule is CC[C@@H](C)C(=O)N1CCC(c2n[nH]c(=S)n2C2CC2)CC1. The van der Waals surface area contributed by atoms with E-state index in [0.717, 1.165) is 42.9 Å². The predicted molar refractivity (Wildman–Crippen MR) is 83.7 cm³/mol. The lowest BCUT2D eigenvalue weighted by molar-refractivity contribution is -0.136. The molecule has 0 spiro atoms. The Morgan fingerprint density at radius 2 is 2.05 bits per heavy atom. The number of likely N-dealkylation sites (tertiary alicyclic amines) is 1. The third kappa shape index (κ3) is 2.91. The quantitative estimate of drug-likeness (QED) is 0.870. The van der Waals surface area contributed by atoms with Crippen LogP contribution in [0.15, 0.2) is 0 Å². The van der Waals surface area contributed by atoms with Gasteiger partial charge < -0.3 is 9.47 Å². The molecule has 6 heteroatoms. The molecule has 1 aromatic heterocycles. The van der Waals surface area contributed by atoms with Crippen LogP contribution in [-0.2, 0) is 4.79 Å². The number of aromatic amines is 1. The molecule has 1 saturated heterocycles. The Balaban J connectivity index is 1.66. The molecule has 3 rings (SSSR count). The summed E-state index contributed by atoms with van der Waals surface area (Å²) in [5.41, 5.74) is 0. The molecule has 21 heavy (non-hydrogen) atoms. The minimum atomic E-state index is 0.141. The molecule has 0 radical (unpaired) electrons. The molecular formula is C15H24N4OS. The largest absolute Gasteiger partial charge is 0.342 e. The van der Waals surface area contributed by atoms with Crippen LogP contribution in [0.3, 0.4) is 0 Å². The summed E-state index contributed by atoms with van der Waals surface area (Å²) in [5, 5.41) is 7.42. The summed E-state index contributed by atoms with van der Waals surface area (Å²) >= 11 is 5.35. The number of piperidine rings is 1. The molecule has 2 heterocycles. The van der Waals surface area contributed by atoms with Crippen molar-refractivity contribution in [2.24, 2.45) is 5.92 Å². The van der Waals surface area contributed by atoms with Crippen LogP contribution in [0.5, 0.6) is 0 Å². The van der Waals surface area contributed by atoms with E-state index in [0.29, 0.717) is 17.9 Å². The maximum Gasteiger partial charge on any atom is 0.225 e. The number of hydrogen-bond donors (Lipinski definition) is 1. The fourth-order valence-electron chi connectivity index (χ4n) is 3.13. The Morgan fingerprint density at radius 1 is 1.38 bits per heavy atom. The van der Waals surface area contributed by atoms with E-state index in [1.165, 1.54) is 12.8 Å². The van der Waals surface area contributed by atoms with Crippen molar-refractivity contribution in [3.63, 3.8) is 0 Å². The van der Waals surface area contributed by atoms with Crippen LogP contribution < -0.4 is 0 Å². The van der Waals surface area contributed by atoms with Crippen molar-refractivity contribution in [3.05, 3.63) is 10.6 Å². The first-order valence-corrected chi connectivity index (χ1v) is 8.48. The number of nitrogens with one attached hydrogen (secondary N) is 1. The lowest BCUT2D eigenvalue weighted by atomic mass is 9.94. The van der Waals surface area contributed by atoms with E-state index in [9.17, 15) is 4.79 Å². The molecule has 0 aromatic carbocycles. The van der Waals surface area contributed by atoms with E-state index >= 15 is 0 Å². The van der Waals surface area contributed by atoms with Crippen LogP contribution in [0.4, 0.5) is 0 Å². The van der Waals surface area contributed by atoms with E-state index in [1.54, 1.807) is 0 Å². The monoisotopic (exact) mass is 308 g/mol. The topological polar surface area (TPSA) is 53.9 Å².